The molecule has 0 radical (unpaired) electrons. The number of hydrogen-bond acceptors (Lipinski definition) is 3. The molecule has 1 aromatic rings. The van der Waals surface area contributed by atoms with E-state index in [9.17, 15) is 0 Å². The average Bonchev–Trinajstić information content (AvgIpc) is 3.28. The molecule has 1 N–H and O–H groups in total. The van der Waals surface area contributed by atoms with Crippen molar-refractivity contribution < 1.29 is 0 Å². The summed E-state index contributed by atoms with van der Waals surface area (Å²) in [5, 5.41) is 8.15. The van der Waals surface area contributed by atoms with Gasteiger partial charge in [-0.3, -0.25) is 9.58 Å². The van der Waals surface area contributed by atoms with E-state index in [0.29, 0.717) is 5.54 Å². The third kappa shape index (κ3) is 3.02. The number of piperazine rings is 1. The largest absolute Gasteiger partial charge is 0.311 e. The average molecular weight is 290 g/mol. The highest BCUT2D eigenvalue weighted by Crippen LogP contribution is 2.37. The molecule has 2 heterocycles. The minimum atomic E-state index is 0.351. The monoisotopic (exact) mass is 290 g/mol. The summed E-state index contributed by atoms with van der Waals surface area (Å²) in [6, 6.07) is 2.88. The van der Waals surface area contributed by atoms with Crippen molar-refractivity contribution in [2.75, 3.05) is 19.6 Å². The van der Waals surface area contributed by atoms with Crippen molar-refractivity contribution >= 4 is 0 Å². The van der Waals surface area contributed by atoms with Crippen LogP contribution in [0.25, 0.3) is 0 Å². The van der Waals surface area contributed by atoms with Crippen LogP contribution in [0.2, 0.25) is 0 Å². The lowest BCUT2D eigenvalue weighted by molar-refractivity contribution is 0.0279. The predicted molar refractivity (Wildman–Crippen MR) is 86.3 cm³/mol. The Morgan fingerprint density at radius 3 is 2.67 bits per heavy atom. The number of hydrogen-bond donors (Lipinski definition) is 1. The van der Waals surface area contributed by atoms with Gasteiger partial charge in [0.1, 0.15) is 0 Å². The van der Waals surface area contributed by atoms with Crippen LogP contribution in [0.3, 0.4) is 0 Å². The fourth-order valence-corrected chi connectivity index (χ4v) is 3.91. The highest BCUT2D eigenvalue weighted by molar-refractivity contribution is 5.05. The summed E-state index contributed by atoms with van der Waals surface area (Å²) in [6.45, 7) is 8.24. The van der Waals surface area contributed by atoms with Crippen LogP contribution in [0, 0.1) is 5.92 Å². The molecule has 0 aromatic carbocycles. The van der Waals surface area contributed by atoms with Gasteiger partial charge in [0.15, 0.2) is 0 Å². The van der Waals surface area contributed by atoms with Gasteiger partial charge in [-0.15, -0.1) is 0 Å². The van der Waals surface area contributed by atoms with Gasteiger partial charge in [-0.1, -0.05) is 13.8 Å². The van der Waals surface area contributed by atoms with Crippen LogP contribution in [0.5, 0.6) is 0 Å². The molecule has 118 valence electrons. The van der Waals surface area contributed by atoms with Gasteiger partial charge in [0, 0.05) is 56.6 Å². The molecule has 4 nitrogen and oxygen atoms in total. The van der Waals surface area contributed by atoms with Crippen molar-refractivity contribution in [3.05, 3.63) is 18.0 Å². The van der Waals surface area contributed by atoms with E-state index in [4.69, 9.17) is 0 Å². The summed E-state index contributed by atoms with van der Waals surface area (Å²) >= 11 is 0. The lowest BCUT2D eigenvalue weighted by atomic mass is 9.86. The van der Waals surface area contributed by atoms with Crippen LogP contribution in [-0.4, -0.2) is 45.9 Å². The van der Waals surface area contributed by atoms with Crippen LogP contribution in [0.15, 0.2) is 12.3 Å². The zero-order valence-corrected chi connectivity index (χ0v) is 13.8. The molecule has 1 saturated heterocycles. The second-order valence-electron chi connectivity index (χ2n) is 6.90. The van der Waals surface area contributed by atoms with Crippen LogP contribution >= 0.6 is 0 Å². The van der Waals surface area contributed by atoms with Gasteiger partial charge in [-0.25, -0.2) is 0 Å². The summed E-state index contributed by atoms with van der Waals surface area (Å²) in [4.78, 5) is 2.78. The molecule has 21 heavy (non-hydrogen) atoms. The van der Waals surface area contributed by atoms with E-state index in [2.05, 4.69) is 35.2 Å². The molecule has 1 atom stereocenters. The van der Waals surface area contributed by atoms with E-state index in [1.807, 2.05) is 17.9 Å². The van der Waals surface area contributed by atoms with Gasteiger partial charge >= 0.3 is 0 Å². The van der Waals surface area contributed by atoms with Crippen LogP contribution in [0.1, 0.15) is 45.2 Å². The van der Waals surface area contributed by atoms with Gasteiger partial charge in [-0.2, -0.15) is 5.10 Å². The second-order valence-corrected chi connectivity index (χ2v) is 6.90. The molecule has 0 bridgehead atoms. The zero-order valence-electron chi connectivity index (χ0n) is 13.8. The zero-order chi connectivity index (χ0) is 14.9. The van der Waals surface area contributed by atoms with Crippen molar-refractivity contribution in [3.8, 4) is 0 Å². The Labute approximate surface area is 128 Å². The predicted octanol–water partition coefficient (Wildman–Crippen LogP) is 2.21. The Morgan fingerprint density at radius 1 is 1.33 bits per heavy atom. The van der Waals surface area contributed by atoms with E-state index < -0.39 is 0 Å². The maximum absolute atomic E-state index is 4.30. The lowest BCUT2D eigenvalue weighted by Crippen LogP contribution is -2.65. The molecule has 1 unspecified atom stereocenters. The molecule has 1 saturated carbocycles. The normalized spacial score (nSPS) is 26.1. The highest BCUT2D eigenvalue weighted by Gasteiger charge is 2.42. The third-order valence-electron chi connectivity index (χ3n) is 5.85. The van der Waals surface area contributed by atoms with Crippen LogP contribution in [0.4, 0.5) is 0 Å². The number of nitrogens with zero attached hydrogens (tertiary/aromatic N) is 3. The van der Waals surface area contributed by atoms with Gasteiger partial charge in [0.05, 0.1) is 0 Å². The van der Waals surface area contributed by atoms with E-state index >= 15 is 0 Å². The van der Waals surface area contributed by atoms with E-state index in [1.54, 1.807) is 0 Å². The Morgan fingerprint density at radius 2 is 2.10 bits per heavy atom. The maximum Gasteiger partial charge on any atom is 0.0492 e. The summed E-state index contributed by atoms with van der Waals surface area (Å²) < 4.78 is 2.01. The first-order chi connectivity index (χ1) is 10.2. The van der Waals surface area contributed by atoms with Crippen LogP contribution < -0.4 is 5.32 Å². The van der Waals surface area contributed by atoms with Crippen molar-refractivity contribution in [1.29, 1.82) is 0 Å². The molecule has 1 aliphatic carbocycles. The lowest BCUT2D eigenvalue weighted by Gasteiger charge is -2.50. The van der Waals surface area contributed by atoms with Gasteiger partial charge in [0.2, 0.25) is 0 Å². The van der Waals surface area contributed by atoms with Crippen molar-refractivity contribution in [1.82, 2.24) is 20.0 Å². The fraction of sp³-hybridized carbons (Fsp3) is 0.824. The van der Waals surface area contributed by atoms with Gasteiger partial charge in [-0.05, 0) is 37.7 Å². The van der Waals surface area contributed by atoms with Gasteiger partial charge < -0.3 is 5.32 Å². The molecule has 2 aliphatic rings. The third-order valence-corrected chi connectivity index (χ3v) is 5.85. The van der Waals surface area contributed by atoms with Gasteiger partial charge in [0.25, 0.3) is 0 Å². The molecule has 0 spiro atoms. The number of aryl methyl sites for hydroxylation is 1. The first kappa shape index (κ1) is 15.0. The molecular weight excluding hydrogens is 260 g/mol. The number of nitrogens with one attached hydrogen (secondary N) is 1. The Balaban J connectivity index is 1.68. The number of rotatable bonds is 6. The SMILES string of the molecule is CCC1(CC)CNC(C2CC2)CN1CCc1ccnn1C. The fourth-order valence-electron chi connectivity index (χ4n) is 3.91. The smallest absolute Gasteiger partial charge is 0.0492 e. The molecule has 3 rings (SSSR count). The second kappa shape index (κ2) is 6.09. The van der Waals surface area contributed by atoms with Crippen molar-refractivity contribution in [3.63, 3.8) is 0 Å². The first-order valence-electron chi connectivity index (χ1n) is 8.64. The standard InChI is InChI=1S/C17H30N4/c1-4-17(5-2)13-18-16(14-6-7-14)12-21(17)11-9-15-8-10-19-20(15)3/h8,10,14,16,18H,4-7,9,11-13H2,1-3H3. The Bertz CT molecular complexity index is 459. The minimum Gasteiger partial charge on any atom is -0.311 e. The quantitative estimate of drug-likeness (QED) is 0.872. The van der Waals surface area contributed by atoms with Crippen molar-refractivity contribution in [2.45, 2.75) is 57.5 Å². The molecule has 1 aromatic heterocycles. The topological polar surface area (TPSA) is 33.1 Å². The van der Waals surface area contributed by atoms with Crippen LogP contribution in [-0.2, 0) is 13.5 Å². The Kier molecular flexibility index (Phi) is 4.36. The maximum atomic E-state index is 4.30. The molecule has 2 fully saturated rings. The molecule has 4 heteroatoms. The van der Waals surface area contributed by atoms with Crippen molar-refractivity contribution in [2.24, 2.45) is 13.0 Å². The summed E-state index contributed by atoms with van der Waals surface area (Å²) in [6.07, 6.45) is 8.35. The molecule has 0 amide bonds. The Hall–Kier alpha value is -0.870. The van der Waals surface area contributed by atoms with E-state index in [-0.39, 0.29) is 0 Å². The molecule has 1 aliphatic heterocycles. The summed E-state index contributed by atoms with van der Waals surface area (Å²) in [5.41, 5.74) is 1.70. The van der Waals surface area contributed by atoms with E-state index in [0.717, 1.165) is 31.5 Å². The first-order valence-corrected chi connectivity index (χ1v) is 8.64. The minimum absolute atomic E-state index is 0.351. The highest BCUT2D eigenvalue weighted by atomic mass is 15.3. The summed E-state index contributed by atoms with van der Waals surface area (Å²) in [7, 11) is 2.05. The number of aromatic nitrogens is 2. The molecular formula is C17H30N4. The summed E-state index contributed by atoms with van der Waals surface area (Å²) in [5.74, 6) is 0.941. The van der Waals surface area contributed by atoms with E-state index in [1.165, 1.54) is 37.9 Å².